The van der Waals surface area contributed by atoms with E-state index in [0.717, 1.165) is 62.4 Å². The minimum absolute atomic E-state index is 0.0373. The predicted molar refractivity (Wildman–Crippen MR) is 113 cm³/mol. The van der Waals surface area contributed by atoms with E-state index in [-0.39, 0.29) is 22.6 Å². The molecule has 6 heteroatoms. The molecule has 2 aliphatic carbocycles. The Morgan fingerprint density at radius 1 is 1.14 bits per heavy atom. The number of H-pyrrole nitrogens is 1. The Balaban J connectivity index is 1.51. The number of hydrogen-bond acceptors (Lipinski definition) is 4. The zero-order chi connectivity index (χ0) is 20.6. The van der Waals surface area contributed by atoms with E-state index in [2.05, 4.69) is 29.0 Å². The van der Waals surface area contributed by atoms with E-state index in [9.17, 15) is 9.59 Å². The molecule has 2 N–H and O–H groups in total. The smallest absolute Gasteiger partial charge is 0.268 e. The van der Waals surface area contributed by atoms with Gasteiger partial charge in [-0.05, 0) is 37.2 Å². The first-order chi connectivity index (χ1) is 13.8. The summed E-state index contributed by atoms with van der Waals surface area (Å²) in [4.78, 5) is 31.6. The van der Waals surface area contributed by atoms with Crippen molar-refractivity contribution in [1.82, 2.24) is 15.2 Å². The van der Waals surface area contributed by atoms with Crippen LogP contribution in [0.3, 0.4) is 0 Å². The van der Waals surface area contributed by atoms with Gasteiger partial charge in [0.1, 0.15) is 5.69 Å². The molecule has 3 aliphatic rings. The van der Waals surface area contributed by atoms with Gasteiger partial charge in [0.15, 0.2) is 5.78 Å². The van der Waals surface area contributed by atoms with E-state index in [1.165, 1.54) is 19.3 Å². The maximum atomic E-state index is 13.1. The van der Waals surface area contributed by atoms with Crippen molar-refractivity contribution in [1.29, 1.82) is 0 Å². The highest BCUT2D eigenvalue weighted by Gasteiger charge is 2.40. The van der Waals surface area contributed by atoms with Crippen molar-refractivity contribution in [2.75, 3.05) is 32.8 Å². The summed E-state index contributed by atoms with van der Waals surface area (Å²) in [6.07, 6.45) is 7.31. The van der Waals surface area contributed by atoms with Crippen LogP contribution in [-0.2, 0) is 11.2 Å². The van der Waals surface area contributed by atoms with Crippen molar-refractivity contribution in [3.8, 4) is 0 Å². The molecule has 1 aromatic heterocycles. The highest BCUT2D eigenvalue weighted by Crippen LogP contribution is 2.37. The summed E-state index contributed by atoms with van der Waals surface area (Å²) in [6, 6.07) is 0. The number of morpholine rings is 1. The molecule has 0 atom stereocenters. The molecule has 0 bridgehead atoms. The number of fused-ring (bicyclic) bond motifs is 1. The van der Waals surface area contributed by atoms with Crippen LogP contribution in [0.1, 0.15) is 84.5 Å². The van der Waals surface area contributed by atoms with E-state index < -0.39 is 0 Å². The number of ketones is 1. The Kier molecular flexibility index (Phi) is 5.60. The van der Waals surface area contributed by atoms with Crippen LogP contribution in [0.4, 0.5) is 0 Å². The van der Waals surface area contributed by atoms with Crippen LogP contribution in [0.5, 0.6) is 0 Å². The number of nitrogens with one attached hydrogen (secondary N) is 2. The molecule has 29 heavy (non-hydrogen) atoms. The average molecular weight is 402 g/mol. The van der Waals surface area contributed by atoms with Crippen molar-refractivity contribution >= 4 is 11.7 Å². The minimum atomic E-state index is -0.0827. The van der Waals surface area contributed by atoms with Gasteiger partial charge >= 0.3 is 0 Å². The minimum Gasteiger partial charge on any atom is -0.379 e. The number of rotatable bonds is 4. The lowest BCUT2D eigenvalue weighted by Gasteiger charge is -2.48. The zero-order valence-corrected chi connectivity index (χ0v) is 18.2. The van der Waals surface area contributed by atoms with Crippen molar-refractivity contribution < 1.29 is 14.3 Å². The van der Waals surface area contributed by atoms with Crippen LogP contribution >= 0.6 is 0 Å². The highest BCUT2D eigenvalue weighted by molar-refractivity contribution is 6.04. The number of Topliss-reactive ketones (excluding diaryl/α,β-unsaturated/α-hetero) is 1. The van der Waals surface area contributed by atoms with E-state index in [1.807, 2.05) is 6.92 Å². The van der Waals surface area contributed by atoms with Crippen LogP contribution < -0.4 is 5.32 Å². The fourth-order valence-electron chi connectivity index (χ4n) is 5.65. The van der Waals surface area contributed by atoms with Gasteiger partial charge in [-0.1, -0.05) is 33.1 Å². The first-order valence-electron chi connectivity index (χ1n) is 11.2. The normalized spacial score (nSPS) is 24.2. The third-order valence-electron chi connectivity index (χ3n) is 7.17. The molecule has 6 nitrogen and oxygen atoms in total. The van der Waals surface area contributed by atoms with Crippen molar-refractivity contribution in [3.05, 3.63) is 22.5 Å². The molecule has 0 spiro atoms. The monoisotopic (exact) mass is 401 g/mol. The molecule has 0 radical (unpaired) electrons. The number of aromatic nitrogens is 1. The standard InChI is InChI=1S/C23H35N3O3/c1-16-19-17(13-22(2,3)14-18(19)27)25-20(16)21(28)24-15-23(7-5-4-6-8-23)26-9-11-29-12-10-26/h25H,4-15H2,1-3H3,(H,24,28). The molecule has 1 saturated heterocycles. The van der Waals surface area contributed by atoms with Crippen molar-refractivity contribution in [2.24, 2.45) is 5.41 Å². The lowest BCUT2D eigenvalue weighted by atomic mass is 9.75. The van der Waals surface area contributed by atoms with Gasteiger partial charge in [0.05, 0.1) is 13.2 Å². The van der Waals surface area contributed by atoms with Crippen molar-refractivity contribution in [2.45, 2.75) is 71.3 Å². The largest absolute Gasteiger partial charge is 0.379 e. The lowest BCUT2D eigenvalue weighted by molar-refractivity contribution is -0.0361. The van der Waals surface area contributed by atoms with Gasteiger partial charge < -0.3 is 15.0 Å². The Morgan fingerprint density at radius 3 is 2.52 bits per heavy atom. The van der Waals surface area contributed by atoms with Crippen LogP contribution in [0.25, 0.3) is 0 Å². The molecule has 160 valence electrons. The quantitative estimate of drug-likeness (QED) is 0.812. The second-order valence-electron chi connectivity index (χ2n) is 9.99. The fourth-order valence-corrected chi connectivity index (χ4v) is 5.65. The fraction of sp³-hybridized carbons (Fsp3) is 0.739. The Morgan fingerprint density at radius 2 is 1.83 bits per heavy atom. The van der Waals surface area contributed by atoms with Gasteiger partial charge in [0, 0.05) is 42.9 Å². The van der Waals surface area contributed by atoms with Crippen LogP contribution in [0.2, 0.25) is 0 Å². The molecular weight excluding hydrogens is 366 g/mol. The number of nitrogens with zero attached hydrogens (tertiary/aromatic N) is 1. The van der Waals surface area contributed by atoms with Gasteiger partial charge in [-0.3, -0.25) is 14.5 Å². The maximum Gasteiger partial charge on any atom is 0.268 e. The van der Waals surface area contributed by atoms with E-state index >= 15 is 0 Å². The molecule has 1 amide bonds. The molecule has 4 rings (SSSR count). The number of amides is 1. The second-order valence-corrected chi connectivity index (χ2v) is 9.99. The van der Waals surface area contributed by atoms with Gasteiger partial charge in [-0.2, -0.15) is 0 Å². The SMILES string of the molecule is Cc1c(C(=O)NCC2(N3CCOCC3)CCCCC2)[nH]c2c1C(=O)CC(C)(C)C2. The zero-order valence-electron chi connectivity index (χ0n) is 18.2. The first kappa shape index (κ1) is 20.6. The van der Waals surface area contributed by atoms with Gasteiger partial charge in [0.25, 0.3) is 5.91 Å². The number of ether oxygens (including phenoxy) is 1. The highest BCUT2D eigenvalue weighted by atomic mass is 16.5. The molecule has 0 aromatic carbocycles. The summed E-state index contributed by atoms with van der Waals surface area (Å²) >= 11 is 0. The number of carbonyl (C=O) groups is 2. The third kappa shape index (κ3) is 4.02. The topological polar surface area (TPSA) is 74.4 Å². The summed E-state index contributed by atoms with van der Waals surface area (Å²) < 4.78 is 5.55. The van der Waals surface area contributed by atoms with Gasteiger partial charge in [0.2, 0.25) is 0 Å². The number of aromatic amines is 1. The second kappa shape index (κ2) is 7.88. The first-order valence-corrected chi connectivity index (χ1v) is 11.2. The van der Waals surface area contributed by atoms with Crippen molar-refractivity contribution in [3.63, 3.8) is 0 Å². The summed E-state index contributed by atoms with van der Waals surface area (Å²) in [5.41, 5.74) is 3.02. The summed E-state index contributed by atoms with van der Waals surface area (Å²) in [5.74, 6) is 0.0711. The number of hydrogen-bond donors (Lipinski definition) is 2. The van der Waals surface area contributed by atoms with E-state index in [1.54, 1.807) is 0 Å². The molecule has 1 aliphatic heterocycles. The number of carbonyl (C=O) groups excluding carboxylic acids is 2. The summed E-state index contributed by atoms with van der Waals surface area (Å²) in [7, 11) is 0. The van der Waals surface area contributed by atoms with Crippen LogP contribution in [0.15, 0.2) is 0 Å². The third-order valence-corrected chi connectivity index (χ3v) is 7.17. The van der Waals surface area contributed by atoms with E-state index in [0.29, 0.717) is 18.7 Å². The van der Waals surface area contributed by atoms with Crippen LogP contribution in [0, 0.1) is 12.3 Å². The summed E-state index contributed by atoms with van der Waals surface area (Å²) in [5, 5.41) is 3.23. The average Bonchev–Trinajstić information content (AvgIpc) is 3.03. The Bertz CT molecular complexity index is 784. The predicted octanol–water partition coefficient (Wildman–Crippen LogP) is 3.24. The van der Waals surface area contributed by atoms with Gasteiger partial charge in [-0.15, -0.1) is 0 Å². The Hall–Kier alpha value is -1.66. The molecule has 1 aromatic rings. The maximum absolute atomic E-state index is 13.1. The van der Waals surface area contributed by atoms with Gasteiger partial charge in [-0.25, -0.2) is 0 Å². The molecule has 1 saturated carbocycles. The van der Waals surface area contributed by atoms with Crippen LogP contribution in [-0.4, -0.2) is 60.0 Å². The lowest BCUT2D eigenvalue weighted by Crippen LogP contribution is -2.59. The molecule has 2 heterocycles. The molecule has 0 unspecified atom stereocenters. The summed E-state index contributed by atoms with van der Waals surface area (Å²) in [6.45, 7) is 10.2. The molecular formula is C23H35N3O3. The Labute approximate surface area is 173 Å². The molecule has 2 fully saturated rings. The van der Waals surface area contributed by atoms with E-state index in [4.69, 9.17) is 4.74 Å².